The maximum absolute atomic E-state index is 13.6. The molecular formula is C14H15ClFNO3. The third-order valence-electron chi connectivity index (χ3n) is 3.59. The standard InChI is InChI=1S/C14H15ClFNO3/c15-11-2-1-3-12(16)10(11)8-13(18)17-6-4-9(5-7-17)14(19)20/h1-3,9H,4-8H2,(H,19,20). The number of hydrogen-bond donors (Lipinski definition) is 1. The molecule has 1 aromatic rings. The van der Waals surface area contributed by atoms with Crippen molar-refractivity contribution in [3.63, 3.8) is 0 Å². The van der Waals surface area contributed by atoms with E-state index in [0.29, 0.717) is 25.9 Å². The molecule has 20 heavy (non-hydrogen) atoms. The van der Waals surface area contributed by atoms with Crippen LogP contribution in [0.1, 0.15) is 18.4 Å². The second kappa shape index (κ2) is 6.22. The molecule has 1 N–H and O–H groups in total. The molecular weight excluding hydrogens is 285 g/mol. The van der Waals surface area contributed by atoms with Gasteiger partial charge in [-0.25, -0.2) is 4.39 Å². The van der Waals surface area contributed by atoms with Crippen LogP contribution in [0, 0.1) is 11.7 Å². The van der Waals surface area contributed by atoms with Gasteiger partial charge in [0.05, 0.1) is 12.3 Å². The minimum atomic E-state index is -0.825. The van der Waals surface area contributed by atoms with E-state index in [1.807, 2.05) is 0 Å². The fourth-order valence-electron chi connectivity index (χ4n) is 2.34. The van der Waals surface area contributed by atoms with Gasteiger partial charge in [-0.1, -0.05) is 17.7 Å². The van der Waals surface area contributed by atoms with Crippen molar-refractivity contribution in [2.24, 2.45) is 5.92 Å². The summed E-state index contributed by atoms with van der Waals surface area (Å²) in [5.74, 6) is -1.93. The van der Waals surface area contributed by atoms with E-state index in [9.17, 15) is 14.0 Å². The van der Waals surface area contributed by atoms with Gasteiger partial charge in [-0.3, -0.25) is 9.59 Å². The maximum atomic E-state index is 13.6. The van der Waals surface area contributed by atoms with Gasteiger partial charge in [0.1, 0.15) is 5.82 Å². The third-order valence-corrected chi connectivity index (χ3v) is 3.94. The van der Waals surface area contributed by atoms with E-state index < -0.39 is 17.7 Å². The highest BCUT2D eigenvalue weighted by molar-refractivity contribution is 6.31. The molecule has 0 bridgehead atoms. The summed E-state index contributed by atoms with van der Waals surface area (Å²) in [7, 11) is 0. The summed E-state index contributed by atoms with van der Waals surface area (Å²) in [4.78, 5) is 24.5. The zero-order valence-corrected chi connectivity index (χ0v) is 11.6. The lowest BCUT2D eigenvalue weighted by Gasteiger charge is -2.30. The van der Waals surface area contributed by atoms with Gasteiger partial charge in [0.2, 0.25) is 5.91 Å². The number of carboxylic acid groups (broad SMARTS) is 1. The smallest absolute Gasteiger partial charge is 0.306 e. The fourth-order valence-corrected chi connectivity index (χ4v) is 2.57. The van der Waals surface area contributed by atoms with E-state index in [1.165, 1.54) is 12.1 Å². The van der Waals surface area contributed by atoms with Gasteiger partial charge in [0.15, 0.2) is 0 Å². The van der Waals surface area contributed by atoms with Crippen LogP contribution < -0.4 is 0 Å². The van der Waals surface area contributed by atoms with Crippen molar-refractivity contribution in [2.45, 2.75) is 19.3 Å². The molecule has 0 saturated carbocycles. The van der Waals surface area contributed by atoms with Crippen LogP contribution in [0.5, 0.6) is 0 Å². The van der Waals surface area contributed by atoms with Gasteiger partial charge in [0.25, 0.3) is 0 Å². The molecule has 0 aliphatic carbocycles. The molecule has 0 unspecified atom stereocenters. The van der Waals surface area contributed by atoms with Crippen molar-refractivity contribution in [1.29, 1.82) is 0 Å². The number of hydrogen-bond acceptors (Lipinski definition) is 2. The number of carbonyl (C=O) groups is 2. The molecule has 1 amide bonds. The van der Waals surface area contributed by atoms with Crippen molar-refractivity contribution in [1.82, 2.24) is 4.90 Å². The monoisotopic (exact) mass is 299 g/mol. The van der Waals surface area contributed by atoms with Crippen LogP contribution in [0.4, 0.5) is 4.39 Å². The molecule has 1 saturated heterocycles. The highest BCUT2D eigenvalue weighted by Crippen LogP contribution is 2.22. The van der Waals surface area contributed by atoms with E-state index in [-0.39, 0.29) is 22.9 Å². The molecule has 0 radical (unpaired) electrons. The Morgan fingerprint density at radius 1 is 1.35 bits per heavy atom. The molecule has 1 aromatic carbocycles. The van der Waals surface area contributed by atoms with Crippen molar-refractivity contribution >= 4 is 23.5 Å². The van der Waals surface area contributed by atoms with Crippen LogP contribution in [-0.4, -0.2) is 35.0 Å². The second-order valence-electron chi connectivity index (χ2n) is 4.87. The zero-order chi connectivity index (χ0) is 14.7. The Morgan fingerprint density at radius 2 is 2.00 bits per heavy atom. The number of piperidine rings is 1. The van der Waals surface area contributed by atoms with E-state index in [1.54, 1.807) is 11.0 Å². The van der Waals surface area contributed by atoms with Crippen LogP contribution in [0.15, 0.2) is 18.2 Å². The first-order chi connectivity index (χ1) is 9.49. The SMILES string of the molecule is O=C(O)C1CCN(C(=O)Cc2c(F)cccc2Cl)CC1. The number of nitrogens with zero attached hydrogens (tertiary/aromatic N) is 1. The Balaban J connectivity index is 1.98. The largest absolute Gasteiger partial charge is 0.481 e. The molecule has 2 rings (SSSR count). The Morgan fingerprint density at radius 3 is 2.55 bits per heavy atom. The summed E-state index contributed by atoms with van der Waals surface area (Å²) >= 11 is 5.89. The van der Waals surface area contributed by atoms with E-state index >= 15 is 0 Å². The number of aliphatic carboxylic acids is 1. The highest BCUT2D eigenvalue weighted by atomic mass is 35.5. The Labute approximate surface area is 121 Å². The summed E-state index contributed by atoms with van der Waals surface area (Å²) in [6.45, 7) is 0.781. The predicted octanol–water partition coefficient (Wildman–Crippen LogP) is 2.34. The topological polar surface area (TPSA) is 57.6 Å². The van der Waals surface area contributed by atoms with Crippen LogP contribution in [-0.2, 0) is 16.0 Å². The Hall–Kier alpha value is -1.62. The summed E-state index contributed by atoms with van der Waals surface area (Å²) in [6.07, 6.45) is 0.779. The summed E-state index contributed by atoms with van der Waals surface area (Å²) < 4.78 is 13.6. The molecule has 6 heteroatoms. The fraction of sp³-hybridized carbons (Fsp3) is 0.429. The first kappa shape index (κ1) is 14.8. The molecule has 1 aliphatic rings. The molecule has 1 heterocycles. The number of likely N-dealkylation sites (tertiary alicyclic amines) is 1. The predicted molar refractivity (Wildman–Crippen MR) is 72.1 cm³/mol. The normalized spacial score (nSPS) is 16.2. The first-order valence-corrected chi connectivity index (χ1v) is 6.80. The zero-order valence-electron chi connectivity index (χ0n) is 10.8. The lowest BCUT2D eigenvalue weighted by atomic mass is 9.96. The summed E-state index contributed by atoms with van der Waals surface area (Å²) in [5, 5.41) is 9.14. The molecule has 1 aliphatic heterocycles. The second-order valence-corrected chi connectivity index (χ2v) is 5.28. The van der Waals surface area contributed by atoms with Gasteiger partial charge >= 0.3 is 5.97 Å². The lowest BCUT2D eigenvalue weighted by molar-refractivity contribution is -0.145. The lowest BCUT2D eigenvalue weighted by Crippen LogP contribution is -2.41. The number of rotatable bonds is 3. The minimum absolute atomic E-state index is 0.0940. The maximum Gasteiger partial charge on any atom is 0.306 e. The number of carbonyl (C=O) groups excluding carboxylic acids is 1. The van der Waals surface area contributed by atoms with Crippen molar-refractivity contribution in [3.8, 4) is 0 Å². The van der Waals surface area contributed by atoms with Crippen LogP contribution in [0.3, 0.4) is 0 Å². The number of halogens is 2. The number of benzene rings is 1. The molecule has 0 aromatic heterocycles. The quantitative estimate of drug-likeness (QED) is 0.932. The Bertz CT molecular complexity index is 507. The van der Waals surface area contributed by atoms with Crippen LogP contribution in [0.25, 0.3) is 0 Å². The van der Waals surface area contributed by atoms with Crippen LogP contribution >= 0.6 is 11.6 Å². The van der Waals surface area contributed by atoms with E-state index in [0.717, 1.165) is 0 Å². The molecule has 108 valence electrons. The van der Waals surface area contributed by atoms with Gasteiger partial charge in [-0.15, -0.1) is 0 Å². The summed E-state index contributed by atoms with van der Waals surface area (Å²) in [5.41, 5.74) is 0.194. The average Bonchev–Trinajstić information content (AvgIpc) is 2.43. The van der Waals surface area contributed by atoms with Crippen LogP contribution in [0.2, 0.25) is 5.02 Å². The first-order valence-electron chi connectivity index (χ1n) is 6.42. The molecule has 0 spiro atoms. The van der Waals surface area contributed by atoms with Crippen molar-refractivity contribution in [2.75, 3.05) is 13.1 Å². The summed E-state index contributed by atoms with van der Waals surface area (Å²) in [6, 6.07) is 4.30. The average molecular weight is 300 g/mol. The van der Waals surface area contributed by atoms with Crippen molar-refractivity contribution in [3.05, 3.63) is 34.6 Å². The number of amides is 1. The Kier molecular flexibility index (Phi) is 4.60. The molecule has 0 atom stereocenters. The third kappa shape index (κ3) is 3.28. The highest BCUT2D eigenvalue weighted by Gasteiger charge is 2.27. The van der Waals surface area contributed by atoms with E-state index in [2.05, 4.69) is 0 Å². The van der Waals surface area contributed by atoms with Gasteiger partial charge in [-0.05, 0) is 25.0 Å². The molecule has 4 nitrogen and oxygen atoms in total. The molecule has 1 fully saturated rings. The van der Waals surface area contributed by atoms with Crippen molar-refractivity contribution < 1.29 is 19.1 Å². The van der Waals surface area contributed by atoms with Gasteiger partial charge < -0.3 is 10.0 Å². The van der Waals surface area contributed by atoms with E-state index in [4.69, 9.17) is 16.7 Å². The minimum Gasteiger partial charge on any atom is -0.481 e. The number of carboxylic acids is 1. The van der Waals surface area contributed by atoms with Gasteiger partial charge in [-0.2, -0.15) is 0 Å². The van der Waals surface area contributed by atoms with Gasteiger partial charge in [0, 0.05) is 23.7 Å².